The number of carbonyl (C=O) groups excluding carboxylic acids is 1. The largest absolute Gasteiger partial charge is 0.387 e. The van der Waals surface area contributed by atoms with E-state index in [4.69, 9.17) is 45.2 Å². The smallest absolute Gasteiger partial charge is 0.275 e. The first-order valence-electron chi connectivity index (χ1n) is 8.59. The highest BCUT2D eigenvalue weighted by Gasteiger charge is 2.30. The fraction of sp³-hybridized carbons (Fsp3) is 0.235. The second-order valence-corrected chi connectivity index (χ2v) is 8.91. The number of aryl methyl sites for hydroxylation is 1. The maximum Gasteiger partial charge on any atom is 0.275 e. The summed E-state index contributed by atoms with van der Waals surface area (Å²) in [6.07, 6.45) is -1.06. The highest BCUT2D eigenvalue weighted by molar-refractivity contribution is 7.92. The fourth-order valence-electron chi connectivity index (χ4n) is 2.72. The molecule has 0 saturated heterocycles. The Balaban J connectivity index is 2.55. The molecule has 11 nitrogen and oxygen atoms in total. The number of anilines is 1. The van der Waals surface area contributed by atoms with Crippen LogP contribution in [0.4, 0.5) is 5.69 Å². The van der Waals surface area contributed by atoms with Gasteiger partial charge in [-0.3, -0.25) is 18.9 Å². The van der Waals surface area contributed by atoms with Crippen molar-refractivity contribution in [3.8, 4) is 0 Å². The van der Waals surface area contributed by atoms with Crippen molar-refractivity contribution in [2.24, 2.45) is 22.4 Å². The van der Waals surface area contributed by atoms with Crippen LogP contribution in [0.25, 0.3) is 0 Å². The van der Waals surface area contributed by atoms with Gasteiger partial charge in [0.05, 0.1) is 5.02 Å². The number of primary amides is 1. The van der Waals surface area contributed by atoms with Crippen molar-refractivity contribution in [3.63, 3.8) is 0 Å². The Kier molecular flexibility index (Phi) is 7.41. The summed E-state index contributed by atoms with van der Waals surface area (Å²) < 4.78 is 28.7. The number of benzene rings is 1. The zero-order chi connectivity index (χ0) is 23.5. The number of pyridine rings is 1. The molecule has 0 aliphatic heterocycles. The number of sulfonamides is 1. The first-order chi connectivity index (χ1) is 14.3. The lowest BCUT2D eigenvalue weighted by Gasteiger charge is -2.24. The molecule has 0 aliphatic carbocycles. The molecule has 14 heteroatoms. The van der Waals surface area contributed by atoms with Crippen molar-refractivity contribution in [2.45, 2.75) is 30.9 Å². The molecule has 0 aliphatic rings. The number of halogens is 2. The number of nitrogens with two attached hydrogens (primary N) is 3. The molecule has 0 saturated carbocycles. The summed E-state index contributed by atoms with van der Waals surface area (Å²) in [4.78, 5) is 29.9. The van der Waals surface area contributed by atoms with Crippen LogP contribution in [0.15, 0.2) is 45.2 Å². The van der Waals surface area contributed by atoms with Gasteiger partial charge in [-0.05, 0) is 49.3 Å². The minimum absolute atomic E-state index is 0.0985. The summed E-state index contributed by atoms with van der Waals surface area (Å²) in [6.45, 7) is 2.94. The van der Waals surface area contributed by atoms with Crippen LogP contribution < -0.4 is 27.5 Å². The molecule has 1 aromatic carbocycles. The first-order valence-corrected chi connectivity index (χ1v) is 10.8. The second kappa shape index (κ2) is 9.45. The lowest BCUT2D eigenvalue weighted by atomic mass is 10.1. The zero-order valence-electron chi connectivity index (χ0n) is 16.4. The maximum atomic E-state index is 13.1. The van der Waals surface area contributed by atoms with Crippen LogP contribution in [0.1, 0.15) is 18.7 Å². The third-order valence-electron chi connectivity index (χ3n) is 4.09. The Hall–Kier alpha value is -2.96. The topological polar surface area (TPSA) is 185 Å². The minimum atomic E-state index is -4.29. The van der Waals surface area contributed by atoms with Gasteiger partial charge >= 0.3 is 0 Å². The van der Waals surface area contributed by atoms with Gasteiger partial charge in [0.25, 0.3) is 15.6 Å². The average molecular weight is 491 g/mol. The van der Waals surface area contributed by atoms with Crippen molar-refractivity contribution in [3.05, 3.63) is 56.4 Å². The predicted octanol–water partition coefficient (Wildman–Crippen LogP) is 0.884. The molecule has 1 amide bonds. The van der Waals surface area contributed by atoms with Gasteiger partial charge in [-0.15, -0.1) is 0 Å². The number of nitrogens with one attached hydrogen (secondary N) is 1. The van der Waals surface area contributed by atoms with E-state index >= 15 is 0 Å². The van der Waals surface area contributed by atoms with E-state index in [2.05, 4.69) is 9.88 Å². The van der Waals surface area contributed by atoms with Crippen molar-refractivity contribution in [1.82, 2.24) is 4.57 Å². The molecule has 168 valence electrons. The van der Waals surface area contributed by atoms with Gasteiger partial charge < -0.3 is 22.0 Å². The summed E-state index contributed by atoms with van der Waals surface area (Å²) in [5, 5.41) is 3.39. The molecule has 1 heterocycles. The Morgan fingerprint density at radius 3 is 2.42 bits per heavy atom. The number of guanidine groups is 1. The van der Waals surface area contributed by atoms with Gasteiger partial charge in [-0.2, -0.15) is 0 Å². The van der Waals surface area contributed by atoms with Crippen LogP contribution in [-0.4, -0.2) is 31.0 Å². The number of hydrogen-bond acceptors (Lipinski definition) is 6. The highest BCUT2D eigenvalue weighted by Crippen LogP contribution is 2.26. The molecule has 0 radical (unpaired) electrons. The molecule has 0 bridgehead atoms. The molecule has 1 aromatic heterocycles. The number of nitrogens with zero attached hydrogens (tertiary/aromatic N) is 2. The normalized spacial score (nSPS) is 13.2. The number of aromatic nitrogens is 1. The SMILES string of the molecule is Cc1ccc(NS(=O)(=O)c2cc(Cl)ccc2Cl)c(=O)n1C(C(N)=O)C(C)ON=C(N)N. The molecular formula is C17H20Cl2N6O5S. The summed E-state index contributed by atoms with van der Waals surface area (Å²) in [5.74, 6) is -1.33. The van der Waals surface area contributed by atoms with Crippen LogP contribution in [0.5, 0.6) is 0 Å². The van der Waals surface area contributed by atoms with Crippen LogP contribution in [0.2, 0.25) is 10.0 Å². The Labute approximate surface area is 187 Å². The number of hydrogen-bond donors (Lipinski definition) is 4. The van der Waals surface area contributed by atoms with Gasteiger partial charge in [0.15, 0.2) is 12.1 Å². The van der Waals surface area contributed by atoms with E-state index in [1.807, 2.05) is 0 Å². The van der Waals surface area contributed by atoms with Gasteiger partial charge in [0.2, 0.25) is 11.9 Å². The van der Waals surface area contributed by atoms with Gasteiger partial charge in [0.1, 0.15) is 10.6 Å². The van der Waals surface area contributed by atoms with Crippen molar-refractivity contribution in [1.29, 1.82) is 0 Å². The van der Waals surface area contributed by atoms with Crippen LogP contribution >= 0.6 is 23.2 Å². The lowest BCUT2D eigenvalue weighted by molar-refractivity contribution is -0.125. The van der Waals surface area contributed by atoms with E-state index in [0.29, 0.717) is 5.69 Å². The van der Waals surface area contributed by atoms with Crippen molar-refractivity contribution < 1.29 is 18.0 Å². The Morgan fingerprint density at radius 2 is 1.84 bits per heavy atom. The quantitative estimate of drug-likeness (QED) is 0.240. The third kappa shape index (κ3) is 5.60. The Bertz CT molecular complexity index is 1190. The van der Waals surface area contributed by atoms with E-state index in [1.54, 1.807) is 0 Å². The molecule has 7 N–H and O–H groups in total. The third-order valence-corrected chi connectivity index (χ3v) is 6.17. The molecule has 2 atom stereocenters. The molecule has 0 fully saturated rings. The van der Waals surface area contributed by atoms with E-state index in [9.17, 15) is 18.0 Å². The maximum absolute atomic E-state index is 13.1. The van der Waals surface area contributed by atoms with Crippen LogP contribution in [0, 0.1) is 6.92 Å². The van der Waals surface area contributed by atoms with E-state index < -0.39 is 39.6 Å². The summed E-state index contributed by atoms with van der Waals surface area (Å²) in [7, 11) is -4.29. The Morgan fingerprint density at radius 1 is 1.19 bits per heavy atom. The summed E-state index contributed by atoms with van der Waals surface area (Å²) in [5.41, 5.74) is 15.0. The van der Waals surface area contributed by atoms with E-state index in [1.165, 1.54) is 38.1 Å². The van der Waals surface area contributed by atoms with Gasteiger partial charge in [-0.25, -0.2) is 8.42 Å². The minimum Gasteiger partial charge on any atom is -0.387 e. The average Bonchev–Trinajstić information content (AvgIpc) is 2.66. The molecule has 0 spiro atoms. The van der Waals surface area contributed by atoms with Crippen molar-refractivity contribution in [2.75, 3.05) is 4.72 Å². The highest BCUT2D eigenvalue weighted by atomic mass is 35.5. The summed E-state index contributed by atoms with van der Waals surface area (Å²) in [6, 6.07) is 5.16. The zero-order valence-corrected chi connectivity index (χ0v) is 18.7. The van der Waals surface area contributed by atoms with Crippen LogP contribution in [-0.2, 0) is 19.7 Å². The second-order valence-electron chi connectivity index (χ2n) is 6.42. The number of amides is 1. The summed E-state index contributed by atoms with van der Waals surface area (Å²) >= 11 is 11.8. The molecule has 2 rings (SSSR count). The number of rotatable bonds is 8. The lowest BCUT2D eigenvalue weighted by Crippen LogP contribution is -2.42. The van der Waals surface area contributed by atoms with Gasteiger partial charge in [-0.1, -0.05) is 23.2 Å². The fourth-order valence-corrected chi connectivity index (χ4v) is 4.54. The number of carbonyl (C=O) groups is 1. The predicted molar refractivity (Wildman–Crippen MR) is 117 cm³/mol. The van der Waals surface area contributed by atoms with Gasteiger partial charge in [0, 0.05) is 10.7 Å². The molecular weight excluding hydrogens is 471 g/mol. The van der Waals surface area contributed by atoms with Crippen LogP contribution in [0.3, 0.4) is 0 Å². The monoisotopic (exact) mass is 490 g/mol. The first kappa shape index (κ1) is 24.3. The molecule has 2 unspecified atom stereocenters. The van der Waals surface area contributed by atoms with Crippen molar-refractivity contribution >= 4 is 50.8 Å². The standard InChI is InChI=1S/C17H20Cl2N6O5S/c1-8-3-6-12(24-31(28,29)13-7-10(18)4-5-11(13)19)16(27)25(8)14(15(20)26)9(2)30-23-17(21)22/h3-7,9,14,24H,1-2H3,(H2,20,26)(H4,21,22,23). The molecule has 2 aromatic rings. The molecule has 31 heavy (non-hydrogen) atoms. The van der Waals surface area contributed by atoms with E-state index in [0.717, 1.165) is 10.6 Å². The van der Waals surface area contributed by atoms with E-state index in [-0.39, 0.29) is 20.6 Å². The number of oxime groups is 1.